The van der Waals surface area contributed by atoms with Gasteiger partial charge in [-0.1, -0.05) is 18.2 Å². The first-order valence-electron chi connectivity index (χ1n) is 7.20. The lowest BCUT2D eigenvalue weighted by molar-refractivity contribution is 0.917. The first-order chi connectivity index (χ1) is 11.2. The highest BCUT2D eigenvalue weighted by atomic mass is 15.3. The second kappa shape index (κ2) is 5.13. The van der Waals surface area contributed by atoms with E-state index in [2.05, 4.69) is 25.6 Å². The molecule has 0 unspecified atom stereocenters. The highest BCUT2D eigenvalue weighted by molar-refractivity contribution is 5.86. The van der Waals surface area contributed by atoms with Crippen molar-refractivity contribution in [2.24, 2.45) is 0 Å². The molecule has 3 heterocycles. The molecule has 0 bridgehead atoms. The van der Waals surface area contributed by atoms with Crippen LogP contribution in [0.4, 0.5) is 17.5 Å². The third-order valence-corrected chi connectivity index (χ3v) is 3.55. The largest absolute Gasteiger partial charge is 0.382 e. The lowest BCUT2D eigenvalue weighted by atomic mass is 10.2. The summed E-state index contributed by atoms with van der Waals surface area (Å²) in [7, 11) is 0. The maximum Gasteiger partial charge on any atom is 0.247 e. The molecule has 0 aliphatic carbocycles. The molecule has 23 heavy (non-hydrogen) atoms. The van der Waals surface area contributed by atoms with Crippen molar-refractivity contribution in [2.45, 2.75) is 6.92 Å². The lowest BCUT2D eigenvalue weighted by Crippen LogP contribution is -2.05. The summed E-state index contributed by atoms with van der Waals surface area (Å²) in [4.78, 5) is 4.36. The molecule has 0 fully saturated rings. The number of nitrogen functional groups attached to an aromatic ring is 1. The molecule has 0 atom stereocenters. The molecular formula is C16H15N7. The van der Waals surface area contributed by atoms with Crippen LogP contribution in [0.3, 0.4) is 0 Å². The smallest absolute Gasteiger partial charge is 0.247 e. The van der Waals surface area contributed by atoms with Crippen LogP contribution in [0.25, 0.3) is 16.8 Å². The second-order valence-corrected chi connectivity index (χ2v) is 5.27. The maximum absolute atomic E-state index is 6.15. The summed E-state index contributed by atoms with van der Waals surface area (Å²) in [5, 5.41) is 14.8. The van der Waals surface area contributed by atoms with E-state index in [4.69, 9.17) is 5.73 Å². The van der Waals surface area contributed by atoms with Gasteiger partial charge in [0.1, 0.15) is 5.52 Å². The Kier molecular flexibility index (Phi) is 2.97. The molecule has 4 aromatic rings. The fourth-order valence-corrected chi connectivity index (χ4v) is 2.52. The number of benzene rings is 1. The van der Waals surface area contributed by atoms with Crippen molar-refractivity contribution in [3.8, 4) is 11.3 Å². The van der Waals surface area contributed by atoms with Crippen molar-refractivity contribution >= 4 is 23.0 Å². The number of nitrogens with one attached hydrogen (secondary N) is 2. The molecule has 0 saturated carbocycles. The van der Waals surface area contributed by atoms with Gasteiger partial charge >= 0.3 is 0 Å². The summed E-state index contributed by atoms with van der Waals surface area (Å²) in [6, 6.07) is 13.6. The van der Waals surface area contributed by atoms with Gasteiger partial charge < -0.3 is 11.1 Å². The number of hydrogen-bond donors (Lipinski definition) is 3. The number of rotatable bonds is 3. The highest BCUT2D eigenvalue weighted by Crippen LogP contribution is 2.28. The van der Waals surface area contributed by atoms with Crippen molar-refractivity contribution in [3.05, 3.63) is 54.4 Å². The van der Waals surface area contributed by atoms with Crippen molar-refractivity contribution in [3.63, 3.8) is 0 Å². The molecule has 4 N–H and O–H groups in total. The molecule has 114 valence electrons. The SMILES string of the molecule is Cc1cc(-c2ccn3nc(Nc4ccccc4)nc(N)c23)n[nH]1. The van der Waals surface area contributed by atoms with E-state index in [-0.39, 0.29) is 0 Å². The van der Waals surface area contributed by atoms with E-state index in [9.17, 15) is 0 Å². The molecule has 4 rings (SSSR count). The monoisotopic (exact) mass is 305 g/mol. The number of H-pyrrole nitrogens is 1. The van der Waals surface area contributed by atoms with Gasteiger partial charge in [0.25, 0.3) is 0 Å². The highest BCUT2D eigenvalue weighted by Gasteiger charge is 2.14. The molecule has 0 radical (unpaired) electrons. The van der Waals surface area contributed by atoms with E-state index >= 15 is 0 Å². The molecule has 0 spiro atoms. The Labute approximate surface area is 132 Å². The predicted octanol–water partition coefficient (Wildman–Crippen LogP) is 2.75. The van der Waals surface area contributed by atoms with Crippen LogP contribution < -0.4 is 11.1 Å². The van der Waals surface area contributed by atoms with E-state index in [1.165, 1.54) is 0 Å². The first-order valence-corrected chi connectivity index (χ1v) is 7.20. The van der Waals surface area contributed by atoms with Crippen molar-refractivity contribution < 1.29 is 0 Å². The van der Waals surface area contributed by atoms with Crippen LogP contribution in [0.5, 0.6) is 0 Å². The van der Waals surface area contributed by atoms with Crippen molar-refractivity contribution in [1.29, 1.82) is 0 Å². The minimum absolute atomic E-state index is 0.402. The quantitative estimate of drug-likeness (QED) is 0.541. The summed E-state index contributed by atoms with van der Waals surface area (Å²) in [5.74, 6) is 0.848. The molecule has 1 aromatic carbocycles. The van der Waals surface area contributed by atoms with Crippen LogP contribution in [-0.4, -0.2) is 24.8 Å². The molecule has 3 aromatic heterocycles. The van der Waals surface area contributed by atoms with E-state index in [0.717, 1.165) is 28.2 Å². The third-order valence-electron chi connectivity index (χ3n) is 3.55. The fourth-order valence-electron chi connectivity index (χ4n) is 2.52. The molecule has 0 aliphatic heterocycles. The maximum atomic E-state index is 6.15. The topological polar surface area (TPSA) is 96.9 Å². The van der Waals surface area contributed by atoms with Gasteiger partial charge in [0.15, 0.2) is 5.82 Å². The zero-order chi connectivity index (χ0) is 15.8. The van der Waals surface area contributed by atoms with Crippen LogP contribution in [-0.2, 0) is 0 Å². The van der Waals surface area contributed by atoms with Gasteiger partial charge in [-0.05, 0) is 31.2 Å². The zero-order valence-corrected chi connectivity index (χ0v) is 12.5. The predicted molar refractivity (Wildman–Crippen MR) is 89.4 cm³/mol. The summed E-state index contributed by atoms with van der Waals surface area (Å²) in [6.07, 6.45) is 1.85. The molecule has 7 nitrogen and oxygen atoms in total. The van der Waals surface area contributed by atoms with Gasteiger partial charge in [0.05, 0.1) is 5.69 Å². The number of aromatic amines is 1. The minimum atomic E-state index is 0.402. The molecular weight excluding hydrogens is 290 g/mol. The van der Waals surface area contributed by atoms with Gasteiger partial charge in [0, 0.05) is 23.1 Å². The molecule has 0 aliphatic rings. The lowest BCUT2D eigenvalue weighted by Gasteiger charge is -2.07. The summed E-state index contributed by atoms with van der Waals surface area (Å²) in [5.41, 5.74) is 10.5. The summed E-state index contributed by atoms with van der Waals surface area (Å²) >= 11 is 0. The fraction of sp³-hybridized carbons (Fsp3) is 0.0625. The second-order valence-electron chi connectivity index (χ2n) is 5.27. The normalized spacial score (nSPS) is 11.0. The Hall–Kier alpha value is -3.35. The van der Waals surface area contributed by atoms with Crippen molar-refractivity contribution in [2.75, 3.05) is 11.1 Å². The van der Waals surface area contributed by atoms with Gasteiger partial charge in [0.2, 0.25) is 5.95 Å². The third kappa shape index (κ3) is 2.38. The Morgan fingerprint density at radius 3 is 2.74 bits per heavy atom. The van der Waals surface area contributed by atoms with Crippen molar-refractivity contribution in [1.82, 2.24) is 24.8 Å². The van der Waals surface area contributed by atoms with Crippen LogP contribution >= 0.6 is 0 Å². The van der Waals surface area contributed by atoms with Crippen LogP contribution in [0.15, 0.2) is 48.7 Å². The summed E-state index contributed by atoms with van der Waals surface area (Å²) < 4.78 is 1.72. The molecule has 0 amide bonds. The Morgan fingerprint density at radius 1 is 1.17 bits per heavy atom. The number of nitrogens with zero attached hydrogens (tertiary/aromatic N) is 4. The van der Waals surface area contributed by atoms with Crippen LogP contribution in [0.2, 0.25) is 0 Å². The average molecular weight is 305 g/mol. The average Bonchev–Trinajstić information content (AvgIpc) is 3.14. The van der Waals surface area contributed by atoms with E-state index in [0.29, 0.717) is 11.8 Å². The molecule has 0 saturated heterocycles. The molecule has 7 heteroatoms. The van der Waals surface area contributed by atoms with E-state index < -0.39 is 0 Å². The number of fused-ring (bicyclic) bond motifs is 1. The number of hydrogen-bond acceptors (Lipinski definition) is 5. The number of aryl methyl sites for hydroxylation is 1. The van der Waals surface area contributed by atoms with E-state index in [1.807, 2.05) is 55.6 Å². The van der Waals surface area contributed by atoms with E-state index in [1.54, 1.807) is 4.52 Å². The van der Waals surface area contributed by atoms with Gasteiger partial charge in [-0.25, -0.2) is 4.52 Å². The number of aromatic nitrogens is 5. The van der Waals surface area contributed by atoms with Crippen LogP contribution in [0.1, 0.15) is 5.69 Å². The zero-order valence-electron chi connectivity index (χ0n) is 12.5. The Balaban J connectivity index is 1.78. The van der Waals surface area contributed by atoms with Gasteiger partial charge in [-0.2, -0.15) is 10.1 Å². The Morgan fingerprint density at radius 2 is 2.00 bits per heavy atom. The number of anilines is 3. The summed E-state index contributed by atoms with van der Waals surface area (Å²) in [6.45, 7) is 1.95. The van der Waals surface area contributed by atoms with Gasteiger partial charge in [-0.3, -0.25) is 5.10 Å². The van der Waals surface area contributed by atoms with Crippen LogP contribution in [0, 0.1) is 6.92 Å². The van der Waals surface area contributed by atoms with Gasteiger partial charge in [-0.15, -0.1) is 5.10 Å². The first kappa shape index (κ1) is 13.3. The minimum Gasteiger partial charge on any atom is -0.382 e. The number of nitrogens with two attached hydrogens (primary N) is 1. The standard InChI is InChI=1S/C16H15N7/c1-10-9-13(21-20-10)12-7-8-23-14(12)15(17)19-16(22-23)18-11-5-3-2-4-6-11/h2-9H,1H3,(H,20,21)(H3,17,18,19,22). The number of para-hydroxylation sites is 1. The Bertz CT molecular complexity index is 969.